The molecule has 0 bridgehead atoms. The van der Waals surface area contributed by atoms with Crippen molar-refractivity contribution < 1.29 is 32.3 Å². The highest BCUT2D eigenvalue weighted by molar-refractivity contribution is 7.89. The molecular weight excluding hydrogens is 388 g/mol. The second-order valence-corrected chi connectivity index (χ2v) is 8.89. The fraction of sp³-hybridized carbons (Fsp3) is 0.500. The summed E-state index contributed by atoms with van der Waals surface area (Å²) in [5.74, 6) is -1.87. The van der Waals surface area contributed by atoms with E-state index in [0.717, 1.165) is 12.7 Å². The number of imide groups is 1. The number of sulfonamides is 1. The monoisotopic (exact) mass is 414 g/mol. The van der Waals surface area contributed by atoms with Crippen molar-refractivity contribution in [3.8, 4) is 0 Å². The number of hydrogen-bond acceptors (Lipinski definition) is 7. The van der Waals surface area contributed by atoms with E-state index in [0.29, 0.717) is 0 Å². The van der Waals surface area contributed by atoms with E-state index in [4.69, 9.17) is 4.74 Å². The molecule has 9 nitrogen and oxygen atoms in total. The average molecular weight is 414 g/mol. The fourth-order valence-corrected chi connectivity index (χ4v) is 3.26. The normalized spacial score (nSPS) is 13.9. The summed E-state index contributed by atoms with van der Waals surface area (Å²) in [6, 6.07) is 5.06. The Kier molecular flexibility index (Phi) is 7.71. The second kappa shape index (κ2) is 9.16. The van der Waals surface area contributed by atoms with Gasteiger partial charge in [0.2, 0.25) is 10.0 Å². The number of hydrogen-bond donors (Lipinski definition) is 2. The molecule has 10 heteroatoms. The van der Waals surface area contributed by atoms with Crippen molar-refractivity contribution in [3.05, 3.63) is 29.8 Å². The van der Waals surface area contributed by atoms with Gasteiger partial charge in [0.15, 0.2) is 6.10 Å². The lowest BCUT2D eigenvalue weighted by atomic mass is 9.87. The van der Waals surface area contributed by atoms with Crippen molar-refractivity contribution >= 4 is 28.0 Å². The fourth-order valence-electron chi connectivity index (χ4n) is 2.07. The molecule has 0 fully saturated rings. The average Bonchev–Trinajstić information content (AvgIpc) is 2.60. The van der Waals surface area contributed by atoms with E-state index in [9.17, 15) is 22.8 Å². The zero-order valence-electron chi connectivity index (χ0n) is 16.7. The maximum absolute atomic E-state index is 12.5. The molecule has 0 saturated heterocycles. The third-order valence-electron chi connectivity index (χ3n) is 3.79. The molecule has 0 aliphatic carbocycles. The predicted molar refractivity (Wildman–Crippen MR) is 101 cm³/mol. The van der Waals surface area contributed by atoms with Gasteiger partial charge in [-0.15, -0.1) is 0 Å². The molecule has 2 N–H and O–H groups in total. The van der Waals surface area contributed by atoms with Gasteiger partial charge in [-0.3, -0.25) is 14.9 Å². The number of methoxy groups -OCH3 is 1. The second-order valence-electron chi connectivity index (χ2n) is 7.18. The first kappa shape index (κ1) is 23.6. The highest BCUT2D eigenvalue weighted by Crippen LogP contribution is 2.23. The van der Waals surface area contributed by atoms with Crippen molar-refractivity contribution in [1.29, 1.82) is 0 Å². The lowest BCUT2D eigenvalue weighted by molar-refractivity contribution is -0.155. The van der Waals surface area contributed by atoms with E-state index in [2.05, 4.69) is 9.46 Å². The van der Waals surface area contributed by atoms with Crippen LogP contribution in [0.25, 0.3) is 0 Å². The highest BCUT2D eigenvalue weighted by Gasteiger charge is 2.27. The molecule has 2 amide bonds. The molecule has 1 rings (SSSR count). The van der Waals surface area contributed by atoms with Gasteiger partial charge in [-0.25, -0.2) is 13.2 Å². The lowest BCUT2D eigenvalue weighted by Crippen LogP contribution is -2.44. The number of amides is 2. The minimum Gasteiger partial charge on any atom is -0.453 e. The summed E-state index contributed by atoms with van der Waals surface area (Å²) in [4.78, 5) is 34.7. The van der Waals surface area contributed by atoms with Gasteiger partial charge in [0.05, 0.1) is 12.0 Å². The number of carbonyl (C=O) groups is 3. The molecule has 1 aromatic carbocycles. The van der Waals surface area contributed by atoms with Gasteiger partial charge < -0.3 is 9.47 Å². The van der Waals surface area contributed by atoms with Gasteiger partial charge >= 0.3 is 12.1 Å². The zero-order valence-corrected chi connectivity index (χ0v) is 17.5. The number of esters is 1. The maximum atomic E-state index is 12.5. The summed E-state index contributed by atoms with van der Waals surface area (Å²) in [7, 11) is -2.90. The van der Waals surface area contributed by atoms with Crippen molar-refractivity contribution in [2.75, 3.05) is 7.11 Å². The van der Waals surface area contributed by atoms with Crippen LogP contribution in [0, 0.1) is 0 Å². The Morgan fingerprint density at radius 2 is 1.57 bits per heavy atom. The number of ether oxygens (including phenoxy) is 2. The number of rotatable bonds is 6. The van der Waals surface area contributed by atoms with Crippen molar-refractivity contribution in [3.63, 3.8) is 0 Å². The smallest absolute Gasteiger partial charge is 0.413 e. The number of benzene rings is 1. The summed E-state index contributed by atoms with van der Waals surface area (Å²) >= 11 is 0. The first-order valence-corrected chi connectivity index (χ1v) is 9.98. The molecule has 2 atom stereocenters. The molecule has 28 heavy (non-hydrogen) atoms. The third kappa shape index (κ3) is 6.61. The van der Waals surface area contributed by atoms with Gasteiger partial charge in [0, 0.05) is 0 Å². The summed E-state index contributed by atoms with van der Waals surface area (Å²) in [5.41, 5.74) is 0.831. The van der Waals surface area contributed by atoms with Crippen LogP contribution < -0.4 is 10.0 Å². The van der Waals surface area contributed by atoms with Crippen LogP contribution >= 0.6 is 0 Å². The van der Waals surface area contributed by atoms with E-state index >= 15 is 0 Å². The van der Waals surface area contributed by atoms with E-state index in [1.807, 2.05) is 26.1 Å². The van der Waals surface area contributed by atoms with E-state index in [1.165, 1.54) is 26.0 Å². The van der Waals surface area contributed by atoms with Crippen LogP contribution in [0.5, 0.6) is 0 Å². The largest absolute Gasteiger partial charge is 0.453 e. The maximum Gasteiger partial charge on any atom is 0.413 e. The SMILES string of the molecule is COC(=O)NC(=O)[C@@H](C)OC(=O)[C@H](C)NS(=O)(=O)c1ccc(C(C)(C)C)cc1. The molecule has 0 spiro atoms. The Labute approximate surface area is 164 Å². The van der Waals surface area contributed by atoms with E-state index in [1.54, 1.807) is 12.1 Å². The Morgan fingerprint density at radius 3 is 2.04 bits per heavy atom. The van der Waals surface area contributed by atoms with E-state index in [-0.39, 0.29) is 10.3 Å². The zero-order chi connectivity index (χ0) is 21.7. The highest BCUT2D eigenvalue weighted by atomic mass is 32.2. The minimum atomic E-state index is -3.97. The Morgan fingerprint density at radius 1 is 1.04 bits per heavy atom. The van der Waals surface area contributed by atoms with Crippen molar-refractivity contribution in [2.45, 2.75) is 57.1 Å². The van der Waals surface area contributed by atoms with Gasteiger partial charge in [-0.2, -0.15) is 4.72 Å². The molecule has 0 aliphatic heterocycles. The van der Waals surface area contributed by atoms with Gasteiger partial charge in [-0.1, -0.05) is 32.9 Å². The summed E-state index contributed by atoms with van der Waals surface area (Å²) in [6.45, 7) is 8.54. The van der Waals surface area contributed by atoms with Crippen molar-refractivity contribution in [2.24, 2.45) is 0 Å². The predicted octanol–water partition coefficient (Wildman–Crippen LogP) is 1.47. The summed E-state index contributed by atoms with van der Waals surface area (Å²) in [5, 5.41) is 1.85. The number of nitrogens with one attached hydrogen (secondary N) is 2. The Bertz CT molecular complexity index is 826. The molecule has 0 aliphatic rings. The molecule has 156 valence electrons. The van der Waals surface area contributed by atoms with Gasteiger partial charge in [0.1, 0.15) is 6.04 Å². The van der Waals surface area contributed by atoms with Crippen LogP contribution in [0.2, 0.25) is 0 Å². The molecule has 0 aromatic heterocycles. The third-order valence-corrected chi connectivity index (χ3v) is 5.35. The van der Waals surface area contributed by atoms with Crippen LogP contribution in [-0.2, 0) is 34.5 Å². The van der Waals surface area contributed by atoms with Crippen molar-refractivity contribution in [1.82, 2.24) is 10.0 Å². The van der Waals surface area contributed by atoms with Crippen LogP contribution in [0.3, 0.4) is 0 Å². The van der Waals surface area contributed by atoms with Gasteiger partial charge in [0.25, 0.3) is 5.91 Å². The molecule has 0 saturated carbocycles. The minimum absolute atomic E-state index is 0.00312. The summed E-state index contributed by atoms with van der Waals surface area (Å²) in [6.07, 6.45) is -2.31. The topological polar surface area (TPSA) is 128 Å². The van der Waals surface area contributed by atoms with Crippen LogP contribution in [0.4, 0.5) is 4.79 Å². The first-order chi connectivity index (χ1) is 12.8. The molecule has 1 aromatic rings. The standard InChI is InChI=1S/C18H26N2O7S/c1-11(16(22)27-12(2)15(21)19-17(23)26-6)20-28(24,25)14-9-7-13(8-10-14)18(3,4)5/h7-12,20H,1-6H3,(H,19,21,23)/t11-,12+/m0/s1. The number of carbonyl (C=O) groups excluding carboxylic acids is 3. The lowest BCUT2D eigenvalue weighted by Gasteiger charge is -2.20. The molecular formula is C18H26N2O7S. The van der Waals surface area contributed by atoms with Gasteiger partial charge in [-0.05, 0) is 37.0 Å². The summed E-state index contributed by atoms with van der Waals surface area (Å²) < 4.78 is 36.3. The van der Waals surface area contributed by atoms with E-state index < -0.39 is 40.1 Å². The molecule has 0 unspecified atom stereocenters. The van der Waals surface area contributed by atoms with Crippen LogP contribution in [-0.4, -0.2) is 45.6 Å². The molecule has 0 heterocycles. The van der Waals surface area contributed by atoms with Crippen LogP contribution in [0.1, 0.15) is 40.2 Å². The Balaban J connectivity index is 2.76. The Hall–Kier alpha value is -2.46. The quantitative estimate of drug-likeness (QED) is 0.675. The van der Waals surface area contributed by atoms with Crippen LogP contribution in [0.15, 0.2) is 29.2 Å². The number of alkyl carbamates (subject to hydrolysis) is 1. The first-order valence-electron chi connectivity index (χ1n) is 8.50. The molecule has 0 radical (unpaired) electrons.